The zero-order chi connectivity index (χ0) is 25.3. The molecule has 188 valence electrons. The van der Waals surface area contributed by atoms with Gasteiger partial charge in [-0.25, -0.2) is 13.4 Å². The summed E-state index contributed by atoms with van der Waals surface area (Å²) in [5.74, 6) is 0.0709. The van der Waals surface area contributed by atoms with Crippen LogP contribution in [0.5, 0.6) is 0 Å². The summed E-state index contributed by atoms with van der Waals surface area (Å²) < 4.78 is 25.0. The van der Waals surface area contributed by atoms with Crippen molar-refractivity contribution in [2.24, 2.45) is 5.73 Å². The molecule has 0 bridgehead atoms. The van der Waals surface area contributed by atoms with Gasteiger partial charge in [0.2, 0.25) is 10.0 Å². The van der Waals surface area contributed by atoms with Crippen molar-refractivity contribution in [3.05, 3.63) is 78.0 Å². The molecule has 36 heavy (non-hydrogen) atoms. The number of rotatable bonds is 8. The average molecular weight is 507 g/mol. The van der Waals surface area contributed by atoms with E-state index in [-0.39, 0.29) is 5.54 Å². The van der Waals surface area contributed by atoms with Crippen molar-refractivity contribution in [1.82, 2.24) is 9.29 Å². The molecule has 2 fully saturated rings. The Labute approximate surface area is 211 Å². The average Bonchev–Trinajstić information content (AvgIpc) is 3.65. The van der Waals surface area contributed by atoms with Gasteiger partial charge in [-0.3, -0.25) is 4.79 Å². The minimum absolute atomic E-state index is 0.202. The Kier molecular flexibility index (Phi) is 6.31. The highest BCUT2D eigenvalue weighted by Crippen LogP contribution is 2.48. The number of nitrogens with one attached hydrogen (secondary N) is 2. The number of carbonyl (C=O) groups excluding carboxylic acids is 1. The molecular weight excluding hydrogens is 476 g/mol. The summed E-state index contributed by atoms with van der Waals surface area (Å²) in [7, 11) is -3.15. The van der Waals surface area contributed by atoms with Crippen molar-refractivity contribution < 1.29 is 13.2 Å². The van der Waals surface area contributed by atoms with Crippen molar-refractivity contribution in [1.29, 1.82) is 0 Å². The minimum atomic E-state index is -3.15. The third kappa shape index (κ3) is 5.14. The topological polar surface area (TPSA) is 121 Å². The van der Waals surface area contributed by atoms with Gasteiger partial charge >= 0.3 is 0 Å². The highest BCUT2D eigenvalue weighted by Gasteiger charge is 2.44. The highest BCUT2D eigenvalue weighted by atomic mass is 32.2. The molecule has 5 rings (SSSR count). The number of anilines is 4. The molecular formula is C26H30N6O3S. The van der Waals surface area contributed by atoms with Crippen LogP contribution >= 0.6 is 0 Å². The maximum absolute atomic E-state index is 12.1. The number of carbonyl (C=O) groups is 1. The molecule has 1 saturated carbocycles. The minimum Gasteiger partial charge on any atom is -0.375 e. The van der Waals surface area contributed by atoms with E-state index < -0.39 is 15.9 Å². The van der Waals surface area contributed by atoms with E-state index in [0.29, 0.717) is 43.2 Å². The van der Waals surface area contributed by atoms with Gasteiger partial charge in [0.05, 0.1) is 23.0 Å². The third-order valence-corrected chi connectivity index (χ3v) is 8.14. The molecule has 0 atom stereocenters. The van der Waals surface area contributed by atoms with Crippen LogP contribution in [-0.4, -0.2) is 56.0 Å². The molecule has 1 aromatic heterocycles. The molecule has 2 heterocycles. The molecule has 10 heteroatoms. The van der Waals surface area contributed by atoms with Crippen molar-refractivity contribution >= 4 is 38.8 Å². The number of amides is 1. The fraction of sp³-hybridized carbons (Fsp3) is 0.308. The van der Waals surface area contributed by atoms with E-state index in [9.17, 15) is 13.2 Å². The highest BCUT2D eigenvalue weighted by molar-refractivity contribution is 7.88. The summed E-state index contributed by atoms with van der Waals surface area (Å²) in [6, 6.07) is 19.9. The van der Waals surface area contributed by atoms with Crippen LogP contribution in [0.15, 0.2) is 66.9 Å². The van der Waals surface area contributed by atoms with E-state index in [1.807, 2.05) is 48.5 Å². The Morgan fingerprint density at radius 1 is 1.00 bits per heavy atom. The lowest BCUT2D eigenvalue weighted by Gasteiger charge is -2.34. The Hall–Kier alpha value is -3.63. The number of pyridine rings is 1. The van der Waals surface area contributed by atoms with E-state index in [1.54, 1.807) is 0 Å². The fourth-order valence-corrected chi connectivity index (χ4v) is 5.46. The van der Waals surface area contributed by atoms with E-state index in [1.165, 1.54) is 22.3 Å². The molecule has 0 radical (unpaired) electrons. The first-order valence-corrected chi connectivity index (χ1v) is 13.8. The molecule has 2 aliphatic rings. The maximum atomic E-state index is 12.1. The van der Waals surface area contributed by atoms with Crippen LogP contribution in [0.25, 0.3) is 0 Å². The summed E-state index contributed by atoms with van der Waals surface area (Å²) in [6.45, 7) is 2.26. The lowest BCUT2D eigenvalue weighted by molar-refractivity contribution is 0.100. The van der Waals surface area contributed by atoms with Crippen LogP contribution in [0.1, 0.15) is 28.8 Å². The van der Waals surface area contributed by atoms with E-state index in [4.69, 9.17) is 5.73 Å². The number of sulfonamides is 1. The second kappa shape index (κ2) is 9.44. The van der Waals surface area contributed by atoms with Crippen molar-refractivity contribution in [3.8, 4) is 0 Å². The Balaban J connectivity index is 1.29. The lowest BCUT2D eigenvalue weighted by atomic mass is 10.0. The van der Waals surface area contributed by atoms with Gasteiger partial charge < -0.3 is 21.3 Å². The molecule has 9 nitrogen and oxygen atoms in total. The smallest absolute Gasteiger partial charge is 0.252 e. The molecule has 0 unspecified atom stereocenters. The molecule has 1 aliphatic heterocycles. The van der Waals surface area contributed by atoms with Gasteiger partial charge in [0.25, 0.3) is 5.91 Å². The fourth-order valence-electron chi connectivity index (χ4n) is 4.63. The number of primary amides is 1. The number of nitrogens with two attached hydrogens (primary N) is 1. The second-order valence-electron chi connectivity index (χ2n) is 9.37. The SMILES string of the molecule is CS(=O)(=O)N1CCN(c2ccc(Nc3cc(NC4(c5ccccc5)CC4)c(C(N)=O)cn3)cc2)CC1. The number of benzene rings is 2. The van der Waals surface area contributed by atoms with Gasteiger partial charge in [-0.2, -0.15) is 4.31 Å². The molecule has 2 aromatic carbocycles. The third-order valence-electron chi connectivity index (χ3n) is 6.83. The van der Waals surface area contributed by atoms with Gasteiger partial charge in [0.1, 0.15) is 5.82 Å². The first-order valence-electron chi connectivity index (χ1n) is 11.9. The molecule has 4 N–H and O–H groups in total. The van der Waals surface area contributed by atoms with Crippen LogP contribution < -0.4 is 21.3 Å². The van der Waals surface area contributed by atoms with Crippen molar-refractivity contribution in [2.75, 3.05) is 48.0 Å². The number of piperazine rings is 1. The van der Waals surface area contributed by atoms with Crippen molar-refractivity contribution in [3.63, 3.8) is 0 Å². The Morgan fingerprint density at radius 3 is 2.25 bits per heavy atom. The van der Waals surface area contributed by atoms with Crippen LogP contribution in [0.2, 0.25) is 0 Å². The second-order valence-corrected chi connectivity index (χ2v) is 11.4. The predicted octanol–water partition coefficient (Wildman–Crippen LogP) is 3.11. The Bertz CT molecular complexity index is 1350. The molecule has 1 saturated heterocycles. The lowest BCUT2D eigenvalue weighted by Crippen LogP contribution is -2.48. The molecule has 1 amide bonds. The van der Waals surface area contributed by atoms with E-state index in [2.05, 4.69) is 32.7 Å². The maximum Gasteiger partial charge on any atom is 0.252 e. The van der Waals surface area contributed by atoms with Crippen LogP contribution in [0.3, 0.4) is 0 Å². The van der Waals surface area contributed by atoms with Gasteiger partial charge in [0.15, 0.2) is 0 Å². The van der Waals surface area contributed by atoms with Crippen LogP contribution in [0, 0.1) is 0 Å². The molecule has 1 aliphatic carbocycles. The molecule has 0 spiro atoms. The summed E-state index contributed by atoms with van der Waals surface area (Å²) >= 11 is 0. The van der Waals surface area contributed by atoms with E-state index >= 15 is 0 Å². The monoisotopic (exact) mass is 506 g/mol. The summed E-state index contributed by atoms with van der Waals surface area (Å²) in [4.78, 5) is 18.6. The first kappa shape index (κ1) is 24.1. The standard InChI is InChI=1S/C26H30N6O3S/c1-36(34,35)32-15-13-31(14-16-32)21-9-7-20(8-10-21)29-24-17-23(22(18-28-24)25(27)33)30-26(11-12-26)19-5-3-2-4-6-19/h2-10,17-18H,11-16H2,1H3,(H2,27,33)(H2,28,29,30). The number of aromatic nitrogens is 1. The van der Waals surface area contributed by atoms with E-state index in [0.717, 1.165) is 24.2 Å². The van der Waals surface area contributed by atoms with Gasteiger partial charge in [-0.05, 0) is 42.7 Å². The normalized spacial score (nSPS) is 17.4. The molecule has 3 aromatic rings. The largest absolute Gasteiger partial charge is 0.375 e. The zero-order valence-electron chi connectivity index (χ0n) is 20.1. The number of hydrogen-bond donors (Lipinski definition) is 3. The summed E-state index contributed by atoms with van der Waals surface area (Å²) in [6.07, 6.45) is 4.70. The predicted molar refractivity (Wildman–Crippen MR) is 142 cm³/mol. The van der Waals surface area contributed by atoms with Crippen molar-refractivity contribution in [2.45, 2.75) is 18.4 Å². The van der Waals surface area contributed by atoms with Gasteiger partial charge in [0, 0.05) is 49.8 Å². The summed E-state index contributed by atoms with van der Waals surface area (Å²) in [5.41, 5.74) is 9.50. The number of nitrogens with zero attached hydrogens (tertiary/aromatic N) is 3. The Morgan fingerprint density at radius 2 is 1.67 bits per heavy atom. The zero-order valence-corrected chi connectivity index (χ0v) is 21.0. The van der Waals surface area contributed by atoms with Gasteiger partial charge in [-0.15, -0.1) is 0 Å². The first-order chi connectivity index (χ1) is 17.2. The van der Waals surface area contributed by atoms with Crippen LogP contribution in [-0.2, 0) is 15.6 Å². The number of hydrogen-bond acceptors (Lipinski definition) is 7. The van der Waals surface area contributed by atoms with Crippen LogP contribution in [0.4, 0.5) is 22.9 Å². The van der Waals surface area contributed by atoms with Gasteiger partial charge in [-0.1, -0.05) is 30.3 Å². The summed E-state index contributed by atoms with van der Waals surface area (Å²) in [5, 5.41) is 6.86. The quantitative estimate of drug-likeness (QED) is 0.429.